The highest BCUT2D eigenvalue weighted by atomic mass is 35.5. The van der Waals surface area contributed by atoms with E-state index in [-0.39, 0.29) is 79.5 Å². The van der Waals surface area contributed by atoms with Crippen LogP contribution in [0.15, 0.2) is 281 Å². The average Bonchev–Trinajstić information content (AvgIpc) is 1.16. The molecule has 116 heavy (non-hydrogen) atoms. The van der Waals surface area contributed by atoms with Crippen molar-refractivity contribution >= 4 is 155 Å². The van der Waals surface area contributed by atoms with E-state index in [0.29, 0.717) is 87.1 Å². The molecule has 30 nitrogen and oxygen atoms in total. The summed E-state index contributed by atoms with van der Waals surface area (Å²) in [6, 6.07) is 61.3. The first-order valence-electron chi connectivity index (χ1n) is 35.1. The molecule has 0 radical (unpaired) electrons. The molecule has 0 saturated carbocycles. The second kappa shape index (κ2) is 38.9. The number of hydrogen-bond acceptors (Lipinski definition) is 21. The number of nitrogens with one attached hydrogen (secondary N) is 3. The van der Waals surface area contributed by atoms with Crippen LogP contribution in [-0.2, 0) is 71.7 Å². The predicted molar refractivity (Wildman–Crippen MR) is 440 cm³/mol. The Balaban J connectivity index is 0.000000171. The van der Waals surface area contributed by atoms with Gasteiger partial charge in [0.1, 0.15) is 44.3 Å². The summed E-state index contributed by atoms with van der Waals surface area (Å²) in [6.45, 7) is 1.89. The van der Waals surface area contributed by atoms with Gasteiger partial charge in [-0.15, -0.1) is 42.0 Å². The Kier molecular flexibility index (Phi) is 28.3. The lowest BCUT2D eigenvalue weighted by Gasteiger charge is -2.23. The van der Waals surface area contributed by atoms with E-state index >= 15 is 0 Å². The van der Waals surface area contributed by atoms with Crippen molar-refractivity contribution in [1.82, 2.24) is 15.0 Å². The number of ether oxygens (including phenoxy) is 4. The number of nitrogens with zero attached hydrogens (tertiary/aromatic N) is 9. The molecule has 13 rings (SSSR count). The van der Waals surface area contributed by atoms with E-state index in [0.717, 1.165) is 28.9 Å². The van der Waals surface area contributed by atoms with Gasteiger partial charge in [0.05, 0.1) is 68.1 Å². The summed E-state index contributed by atoms with van der Waals surface area (Å²) in [5.74, 6) is -2.77. The minimum atomic E-state index is -4.21. The number of primary amides is 1. The molecule has 0 aliphatic heterocycles. The summed E-state index contributed by atoms with van der Waals surface area (Å²) >= 11 is 13.6. The number of aromatic hydroxyl groups is 3. The van der Waals surface area contributed by atoms with E-state index in [1.54, 1.807) is 140 Å². The topological polar surface area (TPSA) is 426 Å². The number of aromatic amines is 3. The molecule has 0 fully saturated rings. The van der Waals surface area contributed by atoms with E-state index in [2.05, 4.69) is 45.6 Å². The highest BCUT2D eigenvalue weighted by molar-refractivity contribution is 7.93. The van der Waals surface area contributed by atoms with Crippen molar-refractivity contribution in [3.8, 4) is 29.1 Å². The lowest BCUT2D eigenvalue weighted by atomic mass is 10.1. The number of aryl methyl sites for hydroxylation is 2. The van der Waals surface area contributed by atoms with Gasteiger partial charge in [0, 0.05) is 44.6 Å². The van der Waals surface area contributed by atoms with Gasteiger partial charge in [-0.05, 0) is 170 Å². The standard InChI is InChI=1S/C27H27ClN4O7S.C27H21ClN4O5S2.C26H25N5O5S/c1-37-14-15-38-16-17-39-21-10-12-22(13-11-21)40(35,36)32(20-8-6-19(28)7-9-20)18-25(33)30-31-26-23-4-2-3-5-24(23)29-27(26)34;28-18-7-9-19(10-8-18)32(16-25(33)30-31-26-23-5-1-2-6-24(23)29-27(26)34)39(35,36)22-13-11-20(12-14-22)37-17-21-4-3-15-38-21;1-17-6-11-19(12-7-17)31(37(35,36)20-13-8-18(9-14-20)10-15-23(27)32)16-24(33)29-30-25-21-4-2-3-5-22(21)28-26(25)34/h2-13,29,34H,14-18H2,1H3;1-15,29,34H,16-17H2;2-9,11-14,28,34H,10,15-16H2,1H3,(H2,27,32). The van der Waals surface area contributed by atoms with Gasteiger partial charge in [-0.2, -0.15) is 0 Å². The van der Waals surface area contributed by atoms with Crippen LogP contribution in [0.3, 0.4) is 0 Å². The highest BCUT2D eigenvalue weighted by Gasteiger charge is 2.31. The number of anilines is 3. The van der Waals surface area contributed by atoms with Crippen LogP contribution in [0.4, 0.5) is 34.1 Å². The van der Waals surface area contributed by atoms with E-state index in [9.17, 15) is 59.8 Å². The maximum Gasteiger partial charge on any atom is 0.285 e. The van der Waals surface area contributed by atoms with Crippen LogP contribution >= 0.6 is 34.5 Å². The van der Waals surface area contributed by atoms with Gasteiger partial charge in [-0.25, -0.2) is 25.3 Å². The Morgan fingerprint density at radius 1 is 0.448 bits per heavy atom. The van der Waals surface area contributed by atoms with Crippen LogP contribution in [0.2, 0.25) is 10.0 Å². The zero-order valence-corrected chi connectivity index (χ0v) is 66.4. The first kappa shape index (κ1) is 84.2. The van der Waals surface area contributed by atoms with Gasteiger partial charge < -0.3 is 55.0 Å². The normalized spacial score (nSPS) is 11.7. The number of benzene rings is 9. The second-order valence-corrected chi connectivity index (χ2v) is 32.6. The number of nitrogens with two attached hydrogens (primary N) is 1. The number of hydrogen-bond donors (Lipinski definition) is 7. The number of carbonyl (C=O) groups excluding carboxylic acids is 4. The SMILES string of the molecule is COCCOCCOc1ccc(S(=O)(=O)N(CC(=O)N=Nc2c(O)[nH]c3ccccc23)c2ccc(Cl)cc2)cc1.Cc1ccc(N(CC(=O)N=Nc2c(O)[nH]c3ccccc23)S(=O)(=O)c2ccc(CCC(N)=O)cc2)cc1.O=C(CN(c1ccc(Cl)cc1)S(=O)(=O)c1ccc(OCc2cccs2)cc1)N=Nc1c(O)[nH]c2ccccc12. The summed E-state index contributed by atoms with van der Waals surface area (Å²) in [6.07, 6.45) is 0.532. The summed E-state index contributed by atoms with van der Waals surface area (Å²) in [7, 11) is -11.0. The zero-order chi connectivity index (χ0) is 82.5. The molecule has 8 N–H and O–H groups in total. The molecule has 0 aliphatic carbocycles. The van der Waals surface area contributed by atoms with Crippen LogP contribution in [-0.4, -0.2) is 132 Å². The van der Waals surface area contributed by atoms with Crippen molar-refractivity contribution in [1.29, 1.82) is 0 Å². The zero-order valence-electron chi connectivity index (χ0n) is 61.6. The van der Waals surface area contributed by atoms with Crippen LogP contribution in [0, 0.1) is 6.92 Å². The number of sulfonamides is 3. The van der Waals surface area contributed by atoms with Crippen LogP contribution < -0.4 is 28.1 Å². The molecule has 0 spiro atoms. The van der Waals surface area contributed by atoms with Crippen LogP contribution in [0.25, 0.3) is 32.7 Å². The predicted octanol–water partition coefficient (Wildman–Crippen LogP) is 15.9. The number of rotatable bonds is 31. The molecule has 0 saturated heterocycles. The molecular weight excluding hydrogens is 1610 g/mol. The van der Waals surface area contributed by atoms with Crippen molar-refractivity contribution in [2.75, 3.05) is 66.1 Å². The van der Waals surface area contributed by atoms with E-state index in [4.69, 9.17) is 47.9 Å². The van der Waals surface area contributed by atoms with Crippen LogP contribution in [0.1, 0.15) is 22.4 Å². The number of carbonyl (C=O) groups is 4. The third kappa shape index (κ3) is 21.8. The second-order valence-electron chi connectivity index (χ2n) is 25.1. The monoisotopic (exact) mass is 1690 g/mol. The molecule has 0 bridgehead atoms. The maximum absolute atomic E-state index is 13.7. The molecule has 4 aromatic heterocycles. The van der Waals surface area contributed by atoms with Gasteiger partial charge in [-0.1, -0.05) is 114 Å². The first-order chi connectivity index (χ1) is 55.7. The Morgan fingerprint density at radius 3 is 1.18 bits per heavy atom. The highest BCUT2D eigenvalue weighted by Crippen LogP contribution is 2.39. The number of amides is 4. The number of fused-ring (bicyclic) bond motifs is 3. The number of halogens is 2. The first-order valence-corrected chi connectivity index (χ1v) is 41.0. The van der Waals surface area contributed by atoms with E-state index in [1.165, 1.54) is 97.1 Å². The molecule has 0 atom stereocenters. The summed E-state index contributed by atoms with van der Waals surface area (Å²) in [4.78, 5) is 58.7. The number of para-hydroxylation sites is 3. The summed E-state index contributed by atoms with van der Waals surface area (Å²) in [5, 5.41) is 57.7. The number of H-pyrrole nitrogens is 3. The maximum atomic E-state index is 13.7. The van der Waals surface area contributed by atoms with Gasteiger partial charge in [0.25, 0.3) is 47.8 Å². The molecule has 36 heteroatoms. The third-order valence-electron chi connectivity index (χ3n) is 17.0. The minimum Gasteiger partial charge on any atom is -0.493 e. The number of azo groups is 3. The van der Waals surface area contributed by atoms with Crippen molar-refractivity contribution in [3.05, 3.63) is 262 Å². The van der Waals surface area contributed by atoms with Crippen molar-refractivity contribution in [3.63, 3.8) is 0 Å². The molecular formula is C80H73Cl2N13O17S4. The number of methoxy groups -OCH3 is 1. The molecule has 13 aromatic rings. The lowest BCUT2D eigenvalue weighted by molar-refractivity contribution is -0.118. The van der Waals surface area contributed by atoms with Gasteiger partial charge in [0.15, 0.2) is 17.1 Å². The molecule has 0 aliphatic rings. The summed E-state index contributed by atoms with van der Waals surface area (Å²) < 4.78 is 106. The molecule has 4 amide bonds. The van der Waals surface area contributed by atoms with E-state index in [1.807, 2.05) is 24.4 Å². The Morgan fingerprint density at radius 2 is 0.810 bits per heavy atom. The smallest absolute Gasteiger partial charge is 0.285 e. The van der Waals surface area contributed by atoms with E-state index < -0.39 is 73.3 Å². The largest absolute Gasteiger partial charge is 0.493 e. The fraction of sp³-hybridized carbons (Fsp3) is 0.150. The Bertz CT molecular complexity index is 6060. The van der Waals surface area contributed by atoms with Gasteiger partial charge in [0.2, 0.25) is 23.5 Å². The molecule has 0 unspecified atom stereocenters. The summed E-state index contributed by atoms with van der Waals surface area (Å²) in [5.41, 5.74) is 9.64. The molecule has 4 heterocycles. The lowest BCUT2D eigenvalue weighted by Crippen LogP contribution is -2.35. The molecule has 598 valence electrons. The van der Waals surface area contributed by atoms with Crippen LogP contribution in [0.5, 0.6) is 29.1 Å². The fourth-order valence-corrected chi connectivity index (χ4v) is 16.3. The minimum absolute atomic E-state index is 0.0325. The number of thiophene rings is 1. The van der Waals surface area contributed by atoms with Gasteiger partial charge >= 0.3 is 0 Å². The average molecular weight is 1690 g/mol. The van der Waals surface area contributed by atoms with Crippen molar-refractivity contribution in [2.45, 2.75) is 41.1 Å². The quantitative estimate of drug-likeness (QED) is 0.0157. The van der Waals surface area contributed by atoms with Gasteiger partial charge in [-0.3, -0.25) is 32.1 Å². The van der Waals surface area contributed by atoms with Crippen molar-refractivity contribution < 1.29 is 78.7 Å². The fourth-order valence-electron chi connectivity index (χ4n) is 11.2. The Labute approximate surface area is 678 Å². The number of aromatic nitrogens is 3. The van der Waals surface area contributed by atoms with Crippen molar-refractivity contribution in [2.24, 2.45) is 36.4 Å². The Hall–Kier alpha value is -12.7. The molecule has 9 aromatic carbocycles. The third-order valence-corrected chi connectivity index (χ3v) is 23.8.